The standard InChI is InChI=1S/C11H15N2Si.Ir/c1-4-11-8-10(9-14(11,2)3)13-7-5-6-12-13;/h5-7,9H,4H2,1-3H3;/q-1;. The summed E-state index contributed by atoms with van der Waals surface area (Å²) in [7, 11) is -1.31. The minimum atomic E-state index is -1.31. The van der Waals surface area contributed by atoms with E-state index in [0.717, 1.165) is 12.1 Å². The van der Waals surface area contributed by atoms with Crippen LogP contribution in [0.3, 0.4) is 0 Å². The number of nitrogens with zero attached hydrogens (tertiary/aromatic N) is 2. The third-order valence-corrected chi connectivity index (χ3v) is 5.69. The van der Waals surface area contributed by atoms with Crippen molar-refractivity contribution in [3.63, 3.8) is 0 Å². The van der Waals surface area contributed by atoms with Crippen LogP contribution in [0.25, 0.3) is 5.70 Å². The van der Waals surface area contributed by atoms with Crippen LogP contribution in [0.15, 0.2) is 29.4 Å². The molecule has 1 aliphatic rings. The first-order valence-corrected chi connectivity index (χ1v) is 8.07. The van der Waals surface area contributed by atoms with Crippen molar-refractivity contribution in [1.82, 2.24) is 9.78 Å². The van der Waals surface area contributed by atoms with Gasteiger partial charge in [-0.15, -0.1) is 5.70 Å². The quantitative estimate of drug-likeness (QED) is 0.556. The molecule has 0 unspecified atom stereocenters. The number of rotatable bonds is 2. The molecule has 1 aromatic rings. The summed E-state index contributed by atoms with van der Waals surface area (Å²) in [5.74, 6) is 0. The zero-order valence-electron chi connectivity index (χ0n) is 9.24. The predicted molar refractivity (Wildman–Crippen MR) is 61.0 cm³/mol. The van der Waals surface area contributed by atoms with Crippen LogP contribution in [-0.4, -0.2) is 17.9 Å². The molecule has 0 bridgehead atoms. The monoisotopic (exact) mass is 396 g/mol. The smallest absolute Gasteiger partial charge is 0.0492 e. The minimum absolute atomic E-state index is 0. The molecule has 2 nitrogen and oxygen atoms in total. The molecule has 1 radical (unpaired) electrons. The maximum absolute atomic E-state index is 4.23. The topological polar surface area (TPSA) is 17.8 Å². The molecule has 0 N–H and O–H groups in total. The van der Waals surface area contributed by atoms with Crippen LogP contribution >= 0.6 is 0 Å². The Bertz CT molecular complexity index is 391. The molecule has 83 valence electrons. The summed E-state index contributed by atoms with van der Waals surface area (Å²) in [4.78, 5) is 0. The van der Waals surface area contributed by atoms with E-state index < -0.39 is 8.07 Å². The summed E-state index contributed by atoms with van der Waals surface area (Å²) < 4.78 is 1.90. The van der Waals surface area contributed by atoms with Crippen LogP contribution < -0.4 is 0 Å². The van der Waals surface area contributed by atoms with Gasteiger partial charge in [-0.25, -0.2) is 11.8 Å². The normalized spacial score (nSPS) is 18.1. The van der Waals surface area contributed by atoms with Gasteiger partial charge in [0.05, 0.1) is 0 Å². The van der Waals surface area contributed by atoms with Crippen LogP contribution in [0.4, 0.5) is 0 Å². The Morgan fingerprint density at radius 3 is 2.67 bits per heavy atom. The van der Waals surface area contributed by atoms with Gasteiger partial charge < -0.3 is 0 Å². The Kier molecular flexibility index (Phi) is 3.87. The van der Waals surface area contributed by atoms with Crippen molar-refractivity contribution in [2.75, 3.05) is 0 Å². The molecule has 15 heavy (non-hydrogen) atoms. The Labute approximate surface area is 105 Å². The van der Waals surface area contributed by atoms with E-state index in [2.05, 4.69) is 36.9 Å². The van der Waals surface area contributed by atoms with Crippen molar-refractivity contribution in [2.45, 2.75) is 26.4 Å². The Morgan fingerprint density at radius 2 is 2.20 bits per heavy atom. The number of hydrogen-bond acceptors (Lipinski definition) is 1. The number of aromatic nitrogens is 2. The molecule has 2 heterocycles. The molecule has 0 fully saturated rings. The van der Waals surface area contributed by atoms with Gasteiger partial charge in [0.1, 0.15) is 0 Å². The molecular weight excluding hydrogens is 380 g/mol. The van der Waals surface area contributed by atoms with Crippen LogP contribution in [0.1, 0.15) is 13.3 Å². The zero-order valence-corrected chi connectivity index (χ0v) is 12.6. The molecule has 1 aromatic heterocycles. The van der Waals surface area contributed by atoms with E-state index in [0.29, 0.717) is 0 Å². The van der Waals surface area contributed by atoms with Crippen molar-refractivity contribution in [1.29, 1.82) is 0 Å². The van der Waals surface area contributed by atoms with Gasteiger partial charge in [0.15, 0.2) is 0 Å². The Balaban J connectivity index is 0.00000112. The fraction of sp³-hybridized carbons (Fsp3) is 0.364. The fourth-order valence-electron chi connectivity index (χ4n) is 1.86. The van der Waals surface area contributed by atoms with Crippen molar-refractivity contribution in [3.8, 4) is 0 Å². The average Bonchev–Trinajstić information content (AvgIpc) is 2.70. The van der Waals surface area contributed by atoms with Gasteiger partial charge in [0.25, 0.3) is 0 Å². The summed E-state index contributed by atoms with van der Waals surface area (Å²) in [6.45, 7) is 6.92. The first-order valence-electron chi connectivity index (χ1n) is 4.99. The summed E-state index contributed by atoms with van der Waals surface area (Å²) in [5, 5.41) is 5.72. The molecule has 0 spiro atoms. The fourth-order valence-corrected chi connectivity index (χ4v) is 4.28. The van der Waals surface area contributed by atoms with E-state index in [-0.39, 0.29) is 20.1 Å². The SMILES string of the molecule is CCC1=[C-]C(n2cccn2)=C[Si]1(C)C.[Ir]. The van der Waals surface area contributed by atoms with Crippen molar-refractivity contribution >= 4 is 13.8 Å². The van der Waals surface area contributed by atoms with E-state index in [1.54, 1.807) is 6.20 Å². The van der Waals surface area contributed by atoms with Gasteiger partial charge in [0.2, 0.25) is 0 Å². The third kappa shape index (κ3) is 2.38. The Hall–Kier alpha value is -0.444. The molecule has 0 amide bonds. The summed E-state index contributed by atoms with van der Waals surface area (Å²) >= 11 is 0. The molecular formula is C11H15IrN2Si-. The molecule has 4 heteroatoms. The summed E-state index contributed by atoms with van der Waals surface area (Å²) in [6, 6.07) is 1.95. The molecule has 0 aliphatic carbocycles. The van der Waals surface area contributed by atoms with Crippen molar-refractivity contribution in [2.24, 2.45) is 0 Å². The van der Waals surface area contributed by atoms with Gasteiger partial charge >= 0.3 is 0 Å². The van der Waals surface area contributed by atoms with E-state index in [1.807, 2.05) is 16.9 Å². The number of allylic oxidation sites excluding steroid dienone is 3. The van der Waals surface area contributed by atoms with E-state index in [4.69, 9.17) is 0 Å². The van der Waals surface area contributed by atoms with Crippen molar-refractivity contribution < 1.29 is 20.1 Å². The maximum Gasteiger partial charge on any atom is 0.0492 e. The van der Waals surface area contributed by atoms with Crippen molar-refractivity contribution in [3.05, 3.63) is 35.4 Å². The molecule has 1 aliphatic heterocycles. The first-order chi connectivity index (χ1) is 6.63. The molecule has 0 saturated heterocycles. The van der Waals surface area contributed by atoms with E-state index in [1.165, 1.54) is 5.20 Å². The minimum Gasteiger partial charge on any atom is -0.278 e. The first kappa shape index (κ1) is 12.6. The van der Waals surface area contributed by atoms with E-state index >= 15 is 0 Å². The van der Waals surface area contributed by atoms with Crippen LogP contribution in [0, 0.1) is 6.08 Å². The molecule has 0 atom stereocenters. The summed E-state index contributed by atoms with van der Waals surface area (Å²) in [5.41, 5.74) is 3.49. The van der Waals surface area contributed by atoms with Crippen LogP contribution in [-0.2, 0) is 20.1 Å². The second kappa shape index (κ2) is 4.60. The predicted octanol–water partition coefficient (Wildman–Crippen LogP) is 2.66. The largest absolute Gasteiger partial charge is 0.278 e. The maximum atomic E-state index is 4.23. The van der Waals surface area contributed by atoms with Gasteiger partial charge in [-0.2, -0.15) is 10.3 Å². The average molecular weight is 396 g/mol. The van der Waals surface area contributed by atoms with Gasteiger partial charge in [-0.1, -0.05) is 26.4 Å². The van der Waals surface area contributed by atoms with E-state index in [9.17, 15) is 0 Å². The van der Waals surface area contributed by atoms with Gasteiger partial charge in [-0.3, -0.25) is 4.68 Å². The van der Waals surface area contributed by atoms with Gasteiger partial charge in [0, 0.05) is 32.5 Å². The van der Waals surface area contributed by atoms with Crippen LogP contribution in [0.5, 0.6) is 0 Å². The second-order valence-electron chi connectivity index (χ2n) is 4.16. The molecule has 0 aromatic carbocycles. The Morgan fingerprint density at radius 1 is 1.47 bits per heavy atom. The number of hydrogen-bond donors (Lipinski definition) is 0. The molecule has 0 saturated carbocycles. The molecule has 2 rings (SSSR count). The third-order valence-electron chi connectivity index (χ3n) is 2.66. The second-order valence-corrected chi connectivity index (χ2v) is 8.49. The summed E-state index contributed by atoms with van der Waals surface area (Å²) in [6.07, 6.45) is 8.37. The zero-order chi connectivity index (χ0) is 10.2. The van der Waals surface area contributed by atoms with Gasteiger partial charge in [-0.05, 0) is 14.1 Å². The van der Waals surface area contributed by atoms with Crippen LogP contribution in [0.2, 0.25) is 13.1 Å².